The lowest BCUT2D eigenvalue weighted by Gasteiger charge is -2.20. The maximum absolute atomic E-state index is 12.2. The van der Waals surface area contributed by atoms with Crippen molar-refractivity contribution < 1.29 is 15.0 Å². The van der Waals surface area contributed by atoms with E-state index in [0.29, 0.717) is 6.42 Å². The predicted octanol–water partition coefficient (Wildman–Crippen LogP) is 9.67. The summed E-state index contributed by atoms with van der Waals surface area (Å²) in [5.74, 6) is -0.0842. The molecule has 1 amide bonds. The average Bonchev–Trinajstić information content (AvgIpc) is 2.96. The highest BCUT2D eigenvalue weighted by Crippen LogP contribution is 2.10. The second-order valence-corrected chi connectivity index (χ2v) is 11.2. The Labute approximate surface area is 248 Å². The number of carbonyl (C=O) groups is 1. The first-order valence-corrected chi connectivity index (χ1v) is 16.9. The largest absolute Gasteiger partial charge is 0.394 e. The highest BCUT2D eigenvalue weighted by Gasteiger charge is 2.17. The molecule has 4 nitrogen and oxygen atoms in total. The van der Waals surface area contributed by atoms with Crippen molar-refractivity contribution in [3.05, 3.63) is 48.6 Å². The lowest BCUT2D eigenvalue weighted by molar-refractivity contribution is -0.123. The van der Waals surface area contributed by atoms with E-state index in [-0.39, 0.29) is 12.5 Å². The maximum atomic E-state index is 12.2. The third-order valence-corrected chi connectivity index (χ3v) is 7.31. The van der Waals surface area contributed by atoms with E-state index < -0.39 is 12.1 Å². The minimum atomic E-state index is -0.841. The Kier molecular flexibility index (Phi) is 30.6. The van der Waals surface area contributed by atoms with Gasteiger partial charge in [-0.25, -0.2) is 0 Å². The van der Waals surface area contributed by atoms with Crippen molar-refractivity contribution >= 4 is 5.91 Å². The van der Waals surface area contributed by atoms with E-state index in [9.17, 15) is 15.0 Å². The van der Waals surface area contributed by atoms with Crippen LogP contribution in [0.3, 0.4) is 0 Å². The van der Waals surface area contributed by atoms with Gasteiger partial charge >= 0.3 is 0 Å². The molecule has 232 valence electrons. The molecule has 0 saturated carbocycles. The lowest BCUT2D eigenvalue weighted by Crippen LogP contribution is -2.45. The zero-order valence-corrected chi connectivity index (χ0v) is 26.3. The van der Waals surface area contributed by atoms with E-state index >= 15 is 0 Å². The van der Waals surface area contributed by atoms with Crippen LogP contribution in [0.25, 0.3) is 0 Å². The zero-order chi connectivity index (χ0) is 29.4. The van der Waals surface area contributed by atoms with Crippen LogP contribution in [0.1, 0.15) is 155 Å². The smallest absolute Gasteiger partial charge is 0.220 e. The number of carbonyl (C=O) groups excluding carboxylic acids is 1. The standard InChI is InChI=1S/C36H65NO3/c1-3-5-7-9-11-12-13-14-15-16-17-18-19-20-21-22-23-24-26-28-30-32-36(40)37-34(33-38)35(39)31-29-27-25-10-8-6-4-2/h13-14,16-17,19-20,29,31,34-35,38-39H,3-12,15,18,21-28,30,32-33H2,1-2H3,(H,37,40)/b14-13-,17-16-,20-19-,31-29+. The van der Waals surface area contributed by atoms with E-state index in [1.807, 2.05) is 6.08 Å². The van der Waals surface area contributed by atoms with Crippen molar-refractivity contribution in [2.45, 2.75) is 167 Å². The number of aliphatic hydroxyl groups is 2. The van der Waals surface area contributed by atoms with Crippen molar-refractivity contribution in [1.29, 1.82) is 0 Å². The van der Waals surface area contributed by atoms with Crippen molar-refractivity contribution in [2.24, 2.45) is 0 Å². The van der Waals surface area contributed by atoms with Crippen LogP contribution in [0.4, 0.5) is 0 Å². The fourth-order valence-corrected chi connectivity index (χ4v) is 4.65. The Morgan fingerprint density at radius 3 is 1.52 bits per heavy atom. The minimum Gasteiger partial charge on any atom is -0.394 e. The first-order valence-electron chi connectivity index (χ1n) is 16.9. The molecule has 2 unspecified atom stereocenters. The summed E-state index contributed by atoms with van der Waals surface area (Å²) in [6.45, 7) is 4.21. The third kappa shape index (κ3) is 27.9. The fraction of sp³-hybridized carbons (Fsp3) is 0.750. The summed E-state index contributed by atoms with van der Waals surface area (Å²) in [6, 6.07) is -0.626. The van der Waals surface area contributed by atoms with Crippen molar-refractivity contribution in [3.8, 4) is 0 Å². The summed E-state index contributed by atoms with van der Waals surface area (Å²) in [5, 5.41) is 22.6. The van der Waals surface area contributed by atoms with Crippen LogP contribution in [0.15, 0.2) is 48.6 Å². The molecule has 0 aliphatic heterocycles. The molecule has 4 heteroatoms. The fourth-order valence-electron chi connectivity index (χ4n) is 4.65. The molecule has 0 fully saturated rings. The SMILES string of the molecule is CCCCCCC/C=C\C/C=C\C/C=C\CCCCCCCCC(=O)NC(CO)C(O)/C=C/CCCCCCC. The van der Waals surface area contributed by atoms with Gasteiger partial charge in [-0.15, -0.1) is 0 Å². The van der Waals surface area contributed by atoms with Crippen molar-refractivity contribution in [1.82, 2.24) is 5.32 Å². The van der Waals surface area contributed by atoms with Crippen molar-refractivity contribution in [3.63, 3.8) is 0 Å². The second kappa shape index (κ2) is 31.9. The van der Waals surface area contributed by atoms with Gasteiger partial charge in [-0.3, -0.25) is 4.79 Å². The molecule has 2 atom stereocenters. The Morgan fingerprint density at radius 1 is 0.600 bits per heavy atom. The quantitative estimate of drug-likeness (QED) is 0.0631. The van der Waals surface area contributed by atoms with E-state index in [1.165, 1.54) is 83.5 Å². The normalized spacial score (nSPS) is 13.8. The van der Waals surface area contributed by atoms with Gasteiger partial charge in [0, 0.05) is 6.42 Å². The van der Waals surface area contributed by atoms with Crippen LogP contribution in [0, 0.1) is 0 Å². The second-order valence-electron chi connectivity index (χ2n) is 11.2. The van der Waals surface area contributed by atoms with E-state index in [4.69, 9.17) is 0 Å². The molecule has 0 saturated heterocycles. The van der Waals surface area contributed by atoms with Crippen LogP contribution < -0.4 is 5.32 Å². The molecule has 40 heavy (non-hydrogen) atoms. The molecular weight excluding hydrogens is 494 g/mol. The molecule has 0 rings (SSSR count). The van der Waals surface area contributed by atoms with E-state index in [2.05, 4.69) is 55.6 Å². The highest BCUT2D eigenvalue weighted by atomic mass is 16.3. The molecule has 0 aromatic carbocycles. The first kappa shape index (κ1) is 38.4. The molecule has 0 aliphatic rings. The van der Waals surface area contributed by atoms with Crippen LogP contribution >= 0.6 is 0 Å². The van der Waals surface area contributed by atoms with E-state index in [1.54, 1.807) is 6.08 Å². The third-order valence-electron chi connectivity index (χ3n) is 7.31. The van der Waals surface area contributed by atoms with Crippen LogP contribution in [-0.4, -0.2) is 34.9 Å². The van der Waals surface area contributed by atoms with Gasteiger partial charge in [-0.1, -0.05) is 140 Å². The number of rotatable bonds is 29. The van der Waals surface area contributed by atoms with Gasteiger partial charge in [0.15, 0.2) is 0 Å². The average molecular weight is 560 g/mol. The summed E-state index contributed by atoms with van der Waals surface area (Å²) in [7, 11) is 0. The molecule has 0 bridgehead atoms. The summed E-state index contributed by atoms with van der Waals surface area (Å²) < 4.78 is 0. The molecular formula is C36H65NO3. The molecule has 3 N–H and O–H groups in total. The molecule has 0 aromatic heterocycles. The summed E-state index contributed by atoms with van der Waals surface area (Å²) in [4.78, 5) is 12.2. The monoisotopic (exact) mass is 559 g/mol. The summed E-state index contributed by atoms with van der Waals surface area (Å²) in [5.41, 5.74) is 0. The van der Waals surface area contributed by atoms with Gasteiger partial charge < -0.3 is 15.5 Å². The Hall–Kier alpha value is -1.65. The van der Waals surface area contributed by atoms with E-state index in [0.717, 1.165) is 51.4 Å². The molecule has 0 radical (unpaired) electrons. The van der Waals surface area contributed by atoms with Gasteiger partial charge in [-0.05, 0) is 57.8 Å². The zero-order valence-electron chi connectivity index (χ0n) is 26.3. The summed E-state index contributed by atoms with van der Waals surface area (Å²) >= 11 is 0. The Balaban J connectivity index is 3.64. The maximum Gasteiger partial charge on any atom is 0.220 e. The number of allylic oxidation sites excluding steroid dienone is 7. The predicted molar refractivity (Wildman–Crippen MR) is 175 cm³/mol. The summed E-state index contributed by atoms with van der Waals surface area (Å²) in [6.07, 6.45) is 42.0. The lowest BCUT2D eigenvalue weighted by atomic mass is 10.1. The number of nitrogens with one attached hydrogen (secondary N) is 1. The van der Waals surface area contributed by atoms with Gasteiger partial charge in [0.2, 0.25) is 5.91 Å². The Morgan fingerprint density at radius 2 is 1.02 bits per heavy atom. The number of amides is 1. The van der Waals surface area contributed by atoms with Crippen LogP contribution in [-0.2, 0) is 4.79 Å². The topological polar surface area (TPSA) is 69.6 Å². The van der Waals surface area contributed by atoms with Gasteiger partial charge in [-0.2, -0.15) is 0 Å². The molecule has 0 aliphatic carbocycles. The number of hydrogen-bond acceptors (Lipinski definition) is 3. The van der Waals surface area contributed by atoms with Crippen LogP contribution in [0.5, 0.6) is 0 Å². The Bertz CT molecular complexity index is 652. The molecule has 0 aromatic rings. The first-order chi connectivity index (χ1) is 19.7. The van der Waals surface area contributed by atoms with Crippen molar-refractivity contribution in [2.75, 3.05) is 6.61 Å². The number of unbranched alkanes of at least 4 members (excludes halogenated alkanes) is 16. The van der Waals surface area contributed by atoms with Crippen LogP contribution in [0.2, 0.25) is 0 Å². The van der Waals surface area contributed by atoms with Gasteiger partial charge in [0.05, 0.1) is 18.8 Å². The number of hydrogen-bond donors (Lipinski definition) is 3. The van der Waals surface area contributed by atoms with Gasteiger partial charge in [0.1, 0.15) is 0 Å². The van der Waals surface area contributed by atoms with Gasteiger partial charge in [0.25, 0.3) is 0 Å². The highest BCUT2D eigenvalue weighted by molar-refractivity contribution is 5.76. The molecule has 0 heterocycles. The molecule has 0 spiro atoms. The minimum absolute atomic E-state index is 0.0842. The number of aliphatic hydroxyl groups excluding tert-OH is 2.